The summed E-state index contributed by atoms with van der Waals surface area (Å²) in [5.74, 6) is 0.690. The fraction of sp³-hybridized carbons (Fsp3) is 0.750. The molecule has 1 saturated heterocycles. The minimum atomic E-state index is -3.39. The van der Waals surface area contributed by atoms with Crippen molar-refractivity contribution in [3.05, 3.63) is 17.5 Å². The van der Waals surface area contributed by atoms with Gasteiger partial charge in [-0.15, -0.1) is 0 Å². The normalized spacial score (nSPS) is 18.7. The van der Waals surface area contributed by atoms with E-state index in [4.69, 9.17) is 4.52 Å². The van der Waals surface area contributed by atoms with Gasteiger partial charge >= 0.3 is 0 Å². The van der Waals surface area contributed by atoms with Gasteiger partial charge in [-0.25, -0.2) is 0 Å². The third kappa shape index (κ3) is 3.55. The Kier molecular flexibility index (Phi) is 4.59. The van der Waals surface area contributed by atoms with Crippen LogP contribution in [0.3, 0.4) is 0 Å². The van der Waals surface area contributed by atoms with Gasteiger partial charge < -0.3 is 4.52 Å². The van der Waals surface area contributed by atoms with Crippen LogP contribution in [0.15, 0.2) is 10.6 Å². The third-order valence-electron chi connectivity index (χ3n) is 3.35. The maximum Gasteiger partial charge on any atom is 0.282 e. The van der Waals surface area contributed by atoms with Crippen molar-refractivity contribution in [2.45, 2.75) is 39.2 Å². The van der Waals surface area contributed by atoms with E-state index in [0.29, 0.717) is 24.5 Å². The van der Waals surface area contributed by atoms with Gasteiger partial charge in [0.15, 0.2) is 0 Å². The minimum absolute atomic E-state index is 0.246. The second kappa shape index (κ2) is 6.02. The molecule has 2 heterocycles. The summed E-state index contributed by atoms with van der Waals surface area (Å²) in [4.78, 5) is 0. The summed E-state index contributed by atoms with van der Waals surface area (Å²) in [6, 6.07) is 1.76. The van der Waals surface area contributed by atoms with Crippen LogP contribution >= 0.6 is 0 Å². The molecule has 2 rings (SSSR count). The van der Waals surface area contributed by atoms with Crippen LogP contribution in [0.5, 0.6) is 0 Å². The van der Waals surface area contributed by atoms with Crippen LogP contribution in [0, 0.1) is 6.92 Å². The molecule has 7 heteroatoms. The summed E-state index contributed by atoms with van der Waals surface area (Å²) in [5.41, 5.74) is 0.637. The van der Waals surface area contributed by atoms with E-state index in [2.05, 4.69) is 5.16 Å². The van der Waals surface area contributed by atoms with E-state index in [1.807, 2.05) is 0 Å². The van der Waals surface area contributed by atoms with Crippen LogP contribution in [0.25, 0.3) is 0 Å². The molecule has 0 amide bonds. The summed E-state index contributed by atoms with van der Waals surface area (Å²) in [6.07, 6.45) is 4.10. The molecule has 1 aliphatic heterocycles. The van der Waals surface area contributed by atoms with Gasteiger partial charge in [0.25, 0.3) is 10.2 Å². The van der Waals surface area contributed by atoms with Crippen molar-refractivity contribution in [3.63, 3.8) is 0 Å². The first-order chi connectivity index (χ1) is 9.00. The van der Waals surface area contributed by atoms with E-state index in [1.165, 1.54) is 4.31 Å². The molecular weight excluding hydrogens is 266 g/mol. The van der Waals surface area contributed by atoms with Crippen LogP contribution in [-0.2, 0) is 16.8 Å². The Morgan fingerprint density at radius 3 is 2.47 bits per heavy atom. The highest BCUT2D eigenvalue weighted by molar-refractivity contribution is 7.86. The van der Waals surface area contributed by atoms with Crippen molar-refractivity contribution in [1.29, 1.82) is 0 Å². The van der Waals surface area contributed by atoms with E-state index in [0.717, 1.165) is 25.7 Å². The molecule has 0 N–H and O–H groups in total. The molecule has 0 saturated carbocycles. The molecule has 0 spiro atoms. The van der Waals surface area contributed by atoms with Crippen molar-refractivity contribution in [2.24, 2.45) is 0 Å². The lowest BCUT2D eigenvalue weighted by Crippen LogP contribution is -2.42. The Bertz CT molecular complexity index is 504. The van der Waals surface area contributed by atoms with Crippen molar-refractivity contribution < 1.29 is 12.9 Å². The average Bonchev–Trinajstić information content (AvgIpc) is 2.63. The number of nitrogens with zero attached hydrogens (tertiary/aromatic N) is 3. The summed E-state index contributed by atoms with van der Waals surface area (Å²) in [6.45, 7) is 3.27. The van der Waals surface area contributed by atoms with Crippen LogP contribution in [-0.4, -0.2) is 42.3 Å². The quantitative estimate of drug-likeness (QED) is 0.842. The zero-order valence-electron chi connectivity index (χ0n) is 11.5. The van der Waals surface area contributed by atoms with E-state index < -0.39 is 10.2 Å². The average molecular weight is 287 g/mol. The Morgan fingerprint density at radius 1 is 1.32 bits per heavy atom. The molecule has 0 radical (unpaired) electrons. The highest BCUT2D eigenvalue weighted by Gasteiger charge is 2.27. The Labute approximate surface area is 114 Å². The van der Waals surface area contributed by atoms with Crippen molar-refractivity contribution in [2.75, 3.05) is 20.1 Å². The largest absolute Gasteiger partial charge is 0.361 e. The molecule has 0 atom stereocenters. The standard InChI is InChI=1S/C12H21N3O3S/c1-11-9-12(13-18-11)10-14(2)19(16,17)15-7-5-3-4-6-8-15/h9H,3-8,10H2,1-2H3. The van der Waals surface area contributed by atoms with E-state index >= 15 is 0 Å². The fourth-order valence-corrected chi connectivity index (χ4v) is 3.68. The highest BCUT2D eigenvalue weighted by Crippen LogP contribution is 2.17. The molecular formula is C12H21N3O3S. The second-order valence-electron chi connectivity index (χ2n) is 5.01. The summed E-state index contributed by atoms with van der Waals surface area (Å²) in [5, 5.41) is 3.83. The molecule has 1 aliphatic rings. The summed E-state index contributed by atoms with van der Waals surface area (Å²) < 4.78 is 32.8. The number of aromatic nitrogens is 1. The molecule has 1 aromatic heterocycles. The molecule has 1 fully saturated rings. The Balaban J connectivity index is 2.05. The minimum Gasteiger partial charge on any atom is -0.361 e. The predicted molar refractivity (Wildman–Crippen MR) is 71.7 cm³/mol. The van der Waals surface area contributed by atoms with Crippen molar-refractivity contribution in [1.82, 2.24) is 13.8 Å². The van der Waals surface area contributed by atoms with E-state index in [-0.39, 0.29) is 6.54 Å². The van der Waals surface area contributed by atoms with E-state index in [9.17, 15) is 8.42 Å². The first kappa shape index (κ1) is 14.5. The van der Waals surface area contributed by atoms with Gasteiger partial charge in [-0.05, 0) is 19.8 Å². The molecule has 0 bridgehead atoms. The van der Waals surface area contributed by atoms with Crippen LogP contribution < -0.4 is 0 Å². The van der Waals surface area contributed by atoms with Gasteiger partial charge in [-0.3, -0.25) is 0 Å². The second-order valence-corrected chi connectivity index (χ2v) is 7.04. The maximum absolute atomic E-state index is 12.4. The number of hydrogen-bond donors (Lipinski definition) is 0. The summed E-state index contributed by atoms with van der Waals surface area (Å²) in [7, 11) is -1.80. The number of hydrogen-bond acceptors (Lipinski definition) is 4. The van der Waals surface area contributed by atoms with Crippen LogP contribution in [0.2, 0.25) is 0 Å². The molecule has 108 valence electrons. The molecule has 1 aromatic rings. The van der Waals surface area contributed by atoms with Gasteiger partial charge in [-0.2, -0.15) is 17.0 Å². The van der Waals surface area contributed by atoms with E-state index in [1.54, 1.807) is 24.3 Å². The van der Waals surface area contributed by atoms with Crippen molar-refractivity contribution in [3.8, 4) is 0 Å². The zero-order chi connectivity index (χ0) is 13.9. The van der Waals surface area contributed by atoms with Gasteiger partial charge in [0, 0.05) is 26.2 Å². The highest BCUT2D eigenvalue weighted by atomic mass is 32.2. The molecule has 19 heavy (non-hydrogen) atoms. The topological polar surface area (TPSA) is 66.7 Å². The van der Waals surface area contributed by atoms with Gasteiger partial charge in [0.05, 0.1) is 12.2 Å². The Morgan fingerprint density at radius 2 is 1.95 bits per heavy atom. The third-order valence-corrected chi connectivity index (χ3v) is 5.28. The zero-order valence-corrected chi connectivity index (χ0v) is 12.3. The van der Waals surface area contributed by atoms with Gasteiger partial charge in [-0.1, -0.05) is 18.0 Å². The maximum atomic E-state index is 12.4. The lowest BCUT2D eigenvalue weighted by atomic mass is 10.2. The lowest BCUT2D eigenvalue weighted by molar-refractivity contribution is 0.349. The molecule has 6 nitrogen and oxygen atoms in total. The first-order valence-corrected chi connectivity index (χ1v) is 8.03. The number of rotatable bonds is 4. The fourth-order valence-electron chi connectivity index (χ4n) is 2.27. The monoisotopic (exact) mass is 287 g/mol. The smallest absolute Gasteiger partial charge is 0.282 e. The van der Waals surface area contributed by atoms with Crippen molar-refractivity contribution >= 4 is 10.2 Å². The summed E-state index contributed by atoms with van der Waals surface area (Å²) >= 11 is 0. The van der Waals surface area contributed by atoms with Gasteiger partial charge in [0.2, 0.25) is 0 Å². The molecule has 0 unspecified atom stereocenters. The Hall–Kier alpha value is -0.920. The van der Waals surface area contributed by atoms with Crippen LogP contribution in [0.4, 0.5) is 0 Å². The predicted octanol–water partition coefficient (Wildman–Crippen LogP) is 1.54. The molecule has 0 aromatic carbocycles. The lowest BCUT2D eigenvalue weighted by Gasteiger charge is -2.25. The van der Waals surface area contributed by atoms with Crippen LogP contribution in [0.1, 0.15) is 37.1 Å². The SMILES string of the molecule is Cc1cc(CN(C)S(=O)(=O)N2CCCCCC2)no1. The van der Waals surface area contributed by atoms with Gasteiger partial charge in [0.1, 0.15) is 5.76 Å². The number of aryl methyl sites for hydroxylation is 1. The molecule has 0 aliphatic carbocycles. The first-order valence-electron chi connectivity index (χ1n) is 6.64.